The number of nitrogens with one attached hydrogen (secondary N) is 1. The van der Waals surface area contributed by atoms with Gasteiger partial charge in [0.05, 0.1) is 29.0 Å². The molecule has 1 aliphatic rings. The van der Waals surface area contributed by atoms with E-state index in [-0.39, 0.29) is 0 Å². The third-order valence-corrected chi connectivity index (χ3v) is 6.76. The standard InChI is InChI=1S/C30H30F2N4/c1-29(31,32)25-13-8-14-26(17-16-25)30(27-15-5-6-18-35-27,20-22-9-3-2-4-10-22)36-28(34)24-12-7-11-23(19-24)21-33/h2-15,18-19,25,28,36H,16-17,20,34H2,1H3. The SMILES string of the molecule is CC(F)(F)C1C=CC=C(C(Cc2ccccc2)(NC(N)c2cccc(C#N)c2)c2ccccn2)CC1. The van der Waals surface area contributed by atoms with Gasteiger partial charge in [-0.05, 0) is 60.7 Å². The van der Waals surface area contributed by atoms with Crippen molar-refractivity contribution >= 4 is 0 Å². The Labute approximate surface area is 211 Å². The largest absolute Gasteiger partial charge is 0.312 e. The molecule has 0 aliphatic heterocycles. The van der Waals surface area contributed by atoms with Gasteiger partial charge in [0.25, 0.3) is 5.92 Å². The molecule has 3 atom stereocenters. The molecular formula is C30H30F2N4. The Hall–Kier alpha value is -3.66. The number of halogens is 2. The van der Waals surface area contributed by atoms with Crippen LogP contribution >= 0.6 is 0 Å². The minimum absolute atomic E-state index is 0.302. The number of nitrogens with zero attached hydrogens (tertiary/aromatic N) is 2. The van der Waals surface area contributed by atoms with E-state index in [0.717, 1.165) is 29.3 Å². The van der Waals surface area contributed by atoms with Crippen molar-refractivity contribution in [2.45, 2.75) is 43.8 Å². The van der Waals surface area contributed by atoms with Crippen molar-refractivity contribution in [2.75, 3.05) is 0 Å². The summed E-state index contributed by atoms with van der Waals surface area (Å²) in [6, 6.07) is 25.0. The summed E-state index contributed by atoms with van der Waals surface area (Å²) in [5.41, 5.74) is 9.86. The van der Waals surface area contributed by atoms with Crippen LogP contribution < -0.4 is 11.1 Å². The summed E-state index contributed by atoms with van der Waals surface area (Å²) in [5.74, 6) is -3.67. The van der Waals surface area contributed by atoms with Gasteiger partial charge in [-0.1, -0.05) is 66.8 Å². The number of rotatable bonds is 8. The topological polar surface area (TPSA) is 74.7 Å². The molecule has 184 valence electrons. The molecule has 1 heterocycles. The highest BCUT2D eigenvalue weighted by molar-refractivity contribution is 5.40. The predicted molar refractivity (Wildman–Crippen MR) is 138 cm³/mol. The normalized spacial score (nSPS) is 18.4. The van der Waals surface area contributed by atoms with Gasteiger partial charge in [0.2, 0.25) is 0 Å². The average Bonchev–Trinajstić information content (AvgIpc) is 3.16. The van der Waals surface area contributed by atoms with Crippen molar-refractivity contribution in [2.24, 2.45) is 11.7 Å². The lowest BCUT2D eigenvalue weighted by atomic mass is 9.77. The molecule has 1 aromatic heterocycles. The van der Waals surface area contributed by atoms with Gasteiger partial charge in [-0.2, -0.15) is 5.26 Å². The van der Waals surface area contributed by atoms with E-state index in [1.807, 2.05) is 60.7 Å². The molecule has 6 heteroatoms. The molecule has 0 spiro atoms. The minimum atomic E-state index is -2.81. The van der Waals surface area contributed by atoms with E-state index in [1.54, 1.807) is 36.5 Å². The van der Waals surface area contributed by atoms with E-state index in [9.17, 15) is 14.0 Å². The van der Waals surface area contributed by atoms with Crippen molar-refractivity contribution < 1.29 is 8.78 Å². The number of allylic oxidation sites excluding steroid dienone is 3. The molecule has 0 amide bonds. The molecule has 1 aliphatic carbocycles. The number of pyridine rings is 1. The van der Waals surface area contributed by atoms with Gasteiger partial charge in [0.1, 0.15) is 0 Å². The van der Waals surface area contributed by atoms with Crippen molar-refractivity contribution in [3.8, 4) is 6.07 Å². The maximum atomic E-state index is 14.2. The number of nitriles is 1. The van der Waals surface area contributed by atoms with Crippen LogP contribution in [0.3, 0.4) is 0 Å². The second-order valence-electron chi connectivity index (χ2n) is 9.32. The molecule has 4 nitrogen and oxygen atoms in total. The minimum Gasteiger partial charge on any atom is -0.312 e. The Morgan fingerprint density at radius 2 is 1.89 bits per heavy atom. The summed E-state index contributed by atoms with van der Waals surface area (Å²) < 4.78 is 28.5. The number of aromatic nitrogens is 1. The second-order valence-corrected chi connectivity index (χ2v) is 9.32. The third-order valence-electron chi connectivity index (χ3n) is 6.76. The average molecular weight is 485 g/mol. The maximum Gasteiger partial charge on any atom is 0.251 e. The zero-order valence-electron chi connectivity index (χ0n) is 20.2. The number of benzene rings is 2. The summed E-state index contributed by atoms with van der Waals surface area (Å²) in [6.07, 6.45) is 7.61. The van der Waals surface area contributed by atoms with Crippen LogP contribution in [0.25, 0.3) is 0 Å². The molecule has 3 aromatic rings. The first-order valence-corrected chi connectivity index (χ1v) is 12.1. The van der Waals surface area contributed by atoms with Crippen LogP contribution in [-0.4, -0.2) is 10.9 Å². The Balaban J connectivity index is 1.82. The van der Waals surface area contributed by atoms with Crippen molar-refractivity contribution in [1.29, 1.82) is 5.26 Å². The van der Waals surface area contributed by atoms with Crippen LogP contribution in [0.2, 0.25) is 0 Å². The second kappa shape index (κ2) is 10.9. The number of alkyl halides is 2. The van der Waals surface area contributed by atoms with Gasteiger partial charge in [-0.15, -0.1) is 0 Å². The fourth-order valence-electron chi connectivity index (χ4n) is 4.83. The van der Waals surface area contributed by atoms with Crippen LogP contribution in [-0.2, 0) is 12.0 Å². The summed E-state index contributed by atoms with van der Waals surface area (Å²) in [5, 5.41) is 13.0. The van der Waals surface area contributed by atoms with Crippen LogP contribution in [0.4, 0.5) is 8.78 Å². The van der Waals surface area contributed by atoms with E-state index >= 15 is 0 Å². The molecule has 0 bridgehead atoms. The zero-order chi connectivity index (χ0) is 25.6. The molecule has 4 rings (SSSR count). The van der Waals surface area contributed by atoms with Gasteiger partial charge in [-0.25, -0.2) is 8.78 Å². The van der Waals surface area contributed by atoms with Crippen molar-refractivity contribution in [3.05, 3.63) is 125 Å². The summed E-state index contributed by atoms with van der Waals surface area (Å²) in [7, 11) is 0. The highest BCUT2D eigenvalue weighted by Crippen LogP contribution is 2.40. The van der Waals surface area contributed by atoms with Gasteiger partial charge in [0.15, 0.2) is 0 Å². The van der Waals surface area contributed by atoms with Crippen LogP contribution in [0.15, 0.2) is 103 Å². The van der Waals surface area contributed by atoms with Crippen molar-refractivity contribution in [1.82, 2.24) is 10.3 Å². The monoisotopic (exact) mass is 484 g/mol. The summed E-state index contributed by atoms with van der Waals surface area (Å²) >= 11 is 0. The van der Waals surface area contributed by atoms with Crippen molar-refractivity contribution in [3.63, 3.8) is 0 Å². The van der Waals surface area contributed by atoms with E-state index in [1.165, 1.54) is 0 Å². The first-order chi connectivity index (χ1) is 17.3. The predicted octanol–water partition coefficient (Wildman–Crippen LogP) is 6.19. The number of nitrogens with two attached hydrogens (primary N) is 1. The molecule has 36 heavy (non-hydrogen) atoms. The Kier molecular flexibility index (Phi) is 7.73. The Morgan fingerprint density at radius 1 is 1.11 bits per heavy atom. The van der Waals surface area contributed by atoms with Crippen LogP contribution in [0, 0.1) is 17.2 Å². The quantitative estimate of drug-likeness (QED) is 0.374. The lowest BCUT2D eigenvalue weighted by Crippen LogP contribution is -2.50. The lowest BCUT2D eigenvalue weighted by Gasteiger charge is -2.40. The molecular weight excluding hydrogens is 454 g/mol. The van der Waals surface area contributed by atoms with Crippen LogP contribution in [0.1, 0.15) is 48.3 Å². The molecule has 0 saturated carbocycles. The summed E-state index contributed by atoms with van der Waals surface area (Å²) in [6.45, 7) is 0.972. The first kappa shape index (κ1) is 25.4. The number of hydrogen-bond acceptors (Lipinski definition) is 4. The van der Waals surface area contributed by atoms with E-state index in [2.05, 4.69) is 11.4 Å². The maximum absolute atomic E-state index is 14.2. The summed E-state index contributed by atoms with van der Waals surface area (Å²) in [4.78, 5) is 4.72. The van der Waals surface area contributed by atoms with E-state index in [4.69, 9.17) is 10.7 Å². The molecule has 3 N–H and O–H groups in total. The molecule has 2 aromatic carbocycles. The van der Waals surface area contributed by atoms with Gasteiger partial charge in [-0.3, -0.25) is 10.3 Å². The molecule has 0 fully saturated rings. The lowest BCUT2D eigenvalue weighted by molar-refractivity contribution is -0.0235. The Bertz CT molecular complexity index is 1260. The van der Waals surface area contributed by atoms with Gasteiger partial charge in [0, 0.05) is 18.5 Å². The zero-order valence-corrected chi connectivity index (χ0v) is 20.2. The van der Waals surface area contributed by atoms with E-state index in [0.29, 0.717) is 24.8 Å². The highest BCUT2D eigenvalue weighted by atomic mass is 19.3. The molecule has 0 saturated heterocycles. The Morgan fingerprint density at radius 3 is 2.58 bits per heavy atom. The fourth-order valence-corrected chi connectivity index (χ4v) is 4.83. The third kappa shape index (κ3) is 5.76. The molecule has 3 unspecified atom stereocenters. The molecule has 0 radical (unpaired) electrons. The van der Waals surface area contributed by atoms with Gasteiger partial charge < -0.3 is 5.73 Å². The fraction of sp³-hybridized carbons (Fsp3) is 0.267. The van der Waals surface area contributed by atoms with Crippen LogP contribution in [0.5, 0.6) is 0 Å². The smallest absolute Gasteiger partial charge is 0.251 e. The van der Waals surface area contributed by atoms with E-state index < -0.39 is 23.5 Å². The first-order valence-electron chi connectivity index (χ1n) is 12.1. The highest BCUT2D eigenvalue weighted by Gasteiger charge is 2.41. The number of hydrogen-bond donors (Lipinski definition) is 2. The van der Waals surface area contributed by atoms with Gasteiger partial charge >= 0.3 is 0 Å².